The third-order valence-corrected chi connectivity index (χ3v) is 3.59. The van der Waals surface area contributed by atoms with Crippen molar-refractivity contribution < 1.29 is 18.3 Å². The summed E-state index contributed by atoms with van der Waals surface area (Å²) in [6.07, 6.45) is -0.959. The molecule has 0 amide bonds. The second-order valence-corrected chi connectivity index (χ2v) is 5.26. The highest BCUT2D eigenvalue weighted by Gasteiger charge is 2.28. The van der Waals surface area contributed by atoms with Crippen LogP contribution in [0.1, 0.15) is 6.92 Å². The Labute approximate surface area is 107 Å². The van der Waals surface area contributed by atoms with E-state index < -0.39 is 42.3 Å². The molecule has 0 aromatic heterocycles. The van der Waals surface area contributed by atoms with Crippen molar-refractivity contribution in [3.63, 3.8) is 0 Å². The lowest BCUT2D eigenvalue weighted by Crippen LogP contribution is -2.39. The molecule has 10 nitrogen and oxygen atoms in total. The maximum absolute atomic E-state index is 11.8. The second-order valence-electron chi connectivity index (χ2n) is 3.58. The number of sulfonamides is 1. The molecule has 0 spiro atoms. The van der Waals surface area contributed by atoms with Gasteiger partial charge in [-0.15, -0.1) is 0 Å². The first-order chi connectivity index (χ1) is 8.65. The van der Waals surface area contributed by atoms with E-state index in [1.165, 1.54) is 6.92 Å². The van der Waals surface area contributed by atoms with Gasteiger partial charge >= 0.3 is 0 Å². The molecule has 0 bridgehead atoms. The molecule has 0 radical (unpaired) electrons. The molecule has 0 aliphatic rings. The van der Waals surface area contributed by atoms with E-state index in [-0.39, 0.29) is 0 Å². The van der Waals surface area contributed by atoms with Crippen molar-refractivity contribution in [2.24, 2.45) is 5.73 Å². The lowest BCUT2D eigenvalue weighted by Gasteiger charge is -2.09. The van der Waals surface area contributed by atoms with E-state index in [4.69, 9.17) is 5.73 Å². The number of hydrogen-bond acceptors (Lipinski definition) is 7. The van der Waals surface area contributed by atoms with Gasteiger partial charge < -0.3 is 5.73 Å². The molecule has 1 aromatic rings. The summed E-state index contributed by atoms with van der Waals surface area (Å²) in [6.45, 7) is 1.33. The topological polar surface area (TPSA) is 158 Å². The lowest BCUT2D eigenvalue weighted by molar-refractivity contribution is -0.396. The predicted molar refractivity (Wildman–Crippen MR) is 63.7 cm³/mol. The van der Waals surface area contributed by atoms with Crippen LogP contribution in [0.15, 0.2) is 23.1 Å². The third-order valence-electron chi connectivity index (χ3n) is 1.98. The molecule has 104 valence electrons. The quantitative estimate of drug-likeness (QED) is 0.441. The first-order valence-corrected chi connectivity index (χ1v) is 6.34. The van der Waals surface area contributed by atoms with Gasteiger partial charge in [0, 0.05) is 6.07 Å². The van der Waals surface area contributed by atoms with Crippen LogP contribution in [0.2, 0.25) is 0 Å². The van der Waals surface area contributed by atoms with Crippen molar-refractivity contribution in [3.8, 4) is 0 Å². The summed E-state index contributed by atoms with van der Waals surface area (Å²) in [6, 6.07) is 2.24. The van der Waals surface area contributed by atoms with Gasteiger partial charge in [0.25, 0.3) is 11.4 Å². The van der Waals surface area contributed by atoms with Crippen LogP contribution >= 0.6 is 0 Å². The highest BCUT2D eigenvalue weighted by Crippen LogP contribution is 2.28. The highest BCUT2D eigenvalue weighted by atomic mass is 32.2. The van der Waals surface area contributed by atoms with Gasteiger partial charge in [-0.3, -0.25) is 20.2 Å². The number of benzene rings is 1. The first-order valence-electron chi connectivity index (χ1n) is 4.86. The largest absolute Gasteiger partial charge is 0.315 e. The molecule has 0 fully saturated rings. The van der Waals surface area contributed by atoms with Crippen LogP contribution in [0.4, 0.5) is 11.4 Å². The normalized spacial score (nSPS) is 12.9. The maximum atomic E-state index is 11.8. The molecular formula is C8H10N4O6S. The van der Waals surface area contributed by atoms with Gasteiger partial charge in [-0.05, 0) is 13.0 Å². The molecule has 0 saturated carbocycles. The SMILES string of the molecule is CC(N)NS(=O)(=O)c1ccc([N+](=O)[O-])cc1[N+](=O)[O-]. The van der Waals surface area contributed by atoms with E-state index in [2.05, 4.69) is 0 Å². The first kappa shape index (κ1) is 14.9. The standard InChI is InChI=1S/C8H10N4O6S/c1-5(9)10-19(17,18)8-3-2-6(11(13)14)4-7(8)12(15)16/h2-5,10H,9H2,1H3. The number of non-ortho nitro benzene ring substituents is 1. The number of nitro benzene ring substituents is 2. The van der Waals surface area contributed by atoms with Crippen molar-refractivity contribution in [3.05, 3.63) is 38.4 Å². The molecule has 19 heavy (non-hydrogen) atoms. The predicted octanol–water partition coefficient (Wildman–Crippen LogP) is 0.0860. The second kappa shape index (κ2) is 5.26. The Morgan fingerprint density at radius 1 is 1.26 bits per heavy atom. The zero-order valence-corrected chi connectivity index (χ0v) is 10.5. The maximum Gasteiger partial charge on any atom is 0.296 e. The van der Waals surface area contributed by atoms with Gasteiger partial charge in [0.2, 0.25) is 10.0 Å². The van der Waals surface area contributed by atoms with Crippen molar-refractivity contribution in [2.75, 3.05) is 0 Å². The molecule has 0 heterocycles. The van der Waals surface area contributed by atoms with Gasteiger partial charge in [0.15, 0.2) is 4.90 Å². The van der Waals surface area contributed by atoms with Gasteiger partial charge in [0.1, 0.15) is 0 Å². The third kappa shape index (κ3) is 3.43. The molecule has 1 rings (SSSR count). The molecule has 1 unspecified atom stereocenters. The van der Waals surface area contributed by atoms with Crippen LogP contribution in [0.3, 0.4) is 0 Å². The van der Waals surface area contributed by atoms with E-state index in [1.807, 2.05) is 4.72 Å². The number of nitrogens with zero attached hydrogens (tertiary/aromatic N) is 2. The van der Waals surface area contributed by atoms with Gasteiger partial charge in [0.05, 0.1) is 22.1 Å². The van der Waals surface area contributed by atoms with Crippen LogP contribution in [0.5, 0.6) is 0 Å². The number of hydrogen-bond donors (Lipinski definition) is 2. The smallest absolute Gasteiger partial charge is 0.296 e. The minimum absolute atomic E-state index is 0.577. The Bertz CT molecular complexity index is 626. The number of nitrogens with one attached hydrogen (secondary N) is 1. The van der Waals surface area contributed by atoms with E-state index in [9.17, 15) is 28.6 Å². The van der Waals surface area contributed by atoms with Crippen LogP contribution in [-0.4, -0.2) is 24.4 Å². The van der Waals surface area contributed by atoms with E-state index in [0.717, 1.165) is 12.1 Å². The fourth-order valence-corrected chi connectivity index (χ4v) is 2.57. The molecule has 1 atom stereocenters. The Balaban J connectivity index is 3.44. The summed E-state index contributed by atoms with van der Waals surface area (Å²) in [7, 11) is -4.22. The number of nitro groups is 2. The van der Waals surface area contributed by atoms with E-state index in [0.29, 0.717) is 6.07 Å². The van der Waals surface area contributed by atoms with E-state index >= 15 is 0 Å². The molecular weight excluding hydrogens is 280 g/mol. The average molecular weight is 290 g/mol. The molecule has 0 aliphatic heterocycles. The monoisotopic (exact) mass is 290 g/mol. The molecule has 3 N–H and O–H groups in total. The Morgan fingerprint density at radius 2 is 1.84 bits per heavy atom. The zero-order chi connectivity index (χ0) is 14.8. The molecule has 0 aliphatic carbocycles. The summed E-state index contributed by atoms with van der Waals surface area (Å²) < 4.78 is 25.5. The number of nitrogens with two attached hydrogens (primary N) is 1. The molecule has 1 aromatic carbocycles. The zero-order valence-electron chi connectivity index (χ0n) is 9.64. The summed E-state index contributed by atoms with van der Waals surface area (Å²) in [4.78, 5) is 18.8. The van der Waals surface area contributed by atoms with Gasteiger partial charge in [-0.2, -0.15) is 4.72 Å². The van der Waals surface area contributed by atoms with Crippen molar-refractivity contribution in [1.29, 1.82) is 0 Å². The van der Waals surface area contributed by atoms with E-state index in [1.54, 1.807) is 0 Å². The molecule has 0 saturated heterocycles. The Morgan fingerprint density at radius 3 is 2.26 bits per heavy atom. The minimum atomic E-state index is -4.22. The number of rotatable bonds is 5. The van der Waals surface area contributed by atoms with Crippen molar-refractivity contribution in [1.82, 2.24) is 4.72 Å². The lowest BCUT2D eigenvalue weighted by atomic mass is 10.3. The Hall–Kier alpha value is -2.11. The minimum Gasteiger partial charge on any atom is -0.315 e. The van der Waals surface area contributed by atoms with Crippen molar-refractivity contribution >= 4 is 21.4 Å². The van der Waals surface area contributed by atoms with Gasteiger partial charge in [-0.25, -0.2) is 8.42 Å². The summed E-state index contributed by atoms with van der Waals surface area (Å²) in [5, 5.41) is 21.3. The Kier molecular flexibility index (Phi) is 4.14. The summed E-state index contributed by atoms with van der Waals surface area (Å²) >= 11 is 0. The fourth-order valence-electron chi connectivity index (χ4n) is 1.30. The summed E-state index contributed by atoms with van der Waals surface area (Å²) in [5.74, 6) is 0. The summed E-state index contributed by atoms with van der Waals surface area (Å²) in [5.41, 5.74) is 3.79. The van der Waals surface area contributed by atoms with Crippen LogP contribution in [0, 0.1) is 20.2 Å². The van der Waals surface area contributed by atoms with Crippen LogP contribution in [0.25, 0.3) is 0 Å². The van der Waals surface area contributed by atoms with Crippen LogP contribution < -0.4 is 10.5 Å². The molecule has 11 heteroatoms. The van der Waals surface area contributed by atoms with Crippen molar-refractivity contribution in [2.45, 2.75) is 18.0 Å². The highest BCUT2D eigenvalue weighted by molar-refractivity contribution is 7.89. The van der Waals surface area contributed by atoms with Gasteiger partial charge in [-0.1, -0.05) is 0 Å². The van der Waals surface area contributed by atoms with Crippen LogP contribution in [-0.2, 0) is 10.0 Å². The fraction of sp³-hybridized carbons (Fsp3) is 0.250. The average Bonchev–Trinajstić information content (AvgIpc) is 2.26.